The molecule has 0 spiro atoms. The molecule has 20 heavy (non-hydrogen) atoms. The molecule has 0 rings (SSSR count). The van der Waals surface area contributed by atoms with Gasteiger partial charge in [-0.25, -0.2) is 0 Å². The highest BCUT2D eigenvalue weighted by atomic mass is 79.9. The number of esters is 1. The van der Waals surface area contributed by atoms with E-state index in [1.54, 1.807) is 0 Å². The summed E-state index contributed by atoms with van der Waals surface area (Å²) in [6.45, 7) is 0. The van der Waals surface area contributed by atoms with E-state index >= 15 is 0 Å². The van der Waals surface area contributed by atoms with E-state index in [9.17, 15) is 4.79 Å². The number of allylic oxidation sites excluding steroid dienone is 8. The Hall–Kier alpha value is -1.09. The van der Waals surface area contributed by atoms with Gasteiger partial charge in [-0.1, -0.05) is 64.5 Å². The lowest BCUT2D eigenvalue weighted by atomic mass is 10.2. The van der Waals surface area contributed by atoms with Crippen molar-refractivity contribution in [3.05, 3.63) is 48.6 Å². The van der Waals surface area contributed by atoms with E-state index in [0.717, 1.165) is 37.4 Å². The van der Waals surface area contributed by atoms with Crippen molar-refractivity contribution < 1.29 is 9.53 Å². The average molecular weight is 341 g/mol. The molecular weight excluding hydrogens is 316 g/mol. The molecule has 0 bridgehead atoms. The zero-order valence-electron chi connectivity index (χ0n) is 12.3. The third-order valence-electron chi connectivity index (χ3n) is 2.55. The van der Waals surface area contributed by atoms with Gasteiger partial charge in [0.1, 0.15) is 0 Å². The minimum atomic E-state index is -0.129. The molecule has 2 nitrogen and oxygen atoms in total. The van der Waals surface area contributed by atoms with Gasteiger partial charge in [0.05, 0.1) is 7.11 Å². The van der Waals surface area contributed by atoms with Crippen LogP contribution in [-0.4, -0.2) is 18.4 Å². The number of alkyl halides is 1. The third kappa shape index (κ3) is 15.0. The highest BCUT2D eigenvalue weighted by Crippen LogP contribution is 2.00. The molecule has 0 aliphatic heterocycles. The molecule has 0 unspecified atom stereocenters. The lowest BCUT2D eigenvalue weighted by Crippen LogP contribution is -1.98. The summed E-state index contributed by atoms with van der Waals surface area (Å²) in [6, 6.07) is 0. The molecule has 112 valence electrons. The van der Waals surface area contributed by atoms with Crippen LogP contribution in [0.3, 0.4) is 0 Å². The maximum absolute atomic E-state index is 10.9. The average Bonchev–Trinajstić information content (AvgIpc) is 2.47. The summed E-state index contributed by atoms with van der Waals surface area (Å²) in [5, 5.41) is 0.923. The number of rotatable bonds is 11. The Labute approximate surface area is 131 Å². The van der Waals surface area contributed by atoms with Crippen molar-refractivity contribution in [3.8, 4) is 0 Å². The molecule has 0 radical (unpaired) electrons. The van der Waals surface area contributed by atoms with E-state index in [1.165, 1.54) is 7.11 Å². The normalized spacial score (nSPS) is 12.3. The van der Waals surface area contributed by atoms with E-state index in [0.29, 0.717) is 6.42 Å². The van der Waals surface area contributed by atoms with Gasteiger partial charge in [-0.2, -0.15) is 0 Å². The van der Waals surface area contributed by atoms with E-state index in [4.69, 9.17) is 0 Å². The molecule has 0 saturated carbocycles. The highest BCUT2D eigenvalue weighted by Gasteiger charge is 1.96. The van der Waals surface area contributed by atoms with Crippen molar-refractivity contribution >= 4 is 21.9 Å². The first-order chi connectivity index (χ1) is 9.81. The molecule has 0 N–H and O–H groups in total. The molecule has 0 atom stereocenters. The molecule has 0 aliphatic carbocycles. The Morgan fingerprint density at radius 1 is 0.900 bits per heavy atom. The number of methoxy groups -OCH3 is 1. The van der Waals surface area contributed by atoms with Crippen molar-refractivity contribution in [2.45, 2.75) is 38.5 Å². The van der Waals surface area contributed by atoms with Crippen LogP contribution in [0.15, 0.2) is 48.6 Å². The molecule has 0 saturated heterocycles. The summed E-state index contributed by atoms with van der Waals surface area (Å²) >= 11 is 3.34. The number of hydrogen-bond acceptors (Lipinski definition) is 2. The standard InChI is InChI=1S/C17H25BrO2/c1-20-17(19)15-13-11-9-7-5-3-2-4-6-8-10-12-14-16-18/h2-3,6-9,12,14H,4-5,10-11,13,15-16H2,1H3/b3-2-,8-6-,9-7-,14-12-. The molecular formula is C17H25BrO2. The molecule has 0 aliphatic rings. The fraction of sp³-hybridized carbons (Fsp3) is 0.471. The van der Waals surface area contributed by atoms with Crippen molar-refractivity contribution in [2.75, 3.05) is 12.4 Å². The molecule has 0 aromatic rings. The van der Waals surface area contributed by atoms with Gasteiger partial charge >= 0.3 is 5.97 Å². The number of carbonyl (C=O) groups excluding carboxylic acids is 1. The Bertz CT molecular complexity index is 341. The fourth-order valence-corrected chi connectivity index (χ4v) is 1.72. The zero-order chi connectivity index (χ0) is 14.9. The number of hydrogen-bond donors (Lipinski definition) is 0. The largest absolute Gasteiger partial charge is 0.469 e. The van der Waals surface area contributed by atoms with Crippen LogP contribution in [0.5, 0.6) is 0 Å². The lowest BCUT2D eigenvalue weighted by Gasteiger charge is -1.95. The number of ether oxygens (including phenoxy) is 1. The van der Waals surface area contributed by atoms with Gasteiger partial charge in [0.2, 0.25) is 0 Å². The summed E-state index contributed by atoms with van der Waals surface area (Å²) in [4.78, 5) is 10.9. The maximum Gasteiger partial charge on any atom is 0.305 e. The summed E-state index contributed by atoms with van der Waals surface area (Å²) in [6.07, 6.45) is 22.4. The first-order valence-electron chi connectivity index (χ1n) is 7.04. The predicted octanol–water partition coefficient (Wildman–Crippen LogP) is 5.12. The number of carbonyl (C=O) groups is 1. The van der Waals surface area contributed by atoms with Gasteiger partial charge in [-0.05, 0) is 32.1 Å². The minimum absolute atomic E-state index is 0.129. The minimum Gasteiger partial charge on any atom is -0.469 e. The van der Waals surface area contributed by atoms with Crippen molar-refractivity contribution in [3.63, 3.8) is 0 Å². The lowest BCUT2D eigenvalue weighted by molar-refractivity contribution is -0.140. The molecule has 0 aromatic carbocycles. The van der Waals surface area contributed by atoms with Crippen LogP contribution in [0.25, 0.3) is 0 Å². The monoisotopic (exact) mass is 340 g/mol. The van der Waals surface area contributed by atoms with Gasteiger partial charge in [0.15, 0.2) is 0 Å². The topological polar surface area (TPSA) is 26.3 Å². The maximum atomic E-state index is 10.9. The second-order valence-corrected chi connectivity index (χ2v) is 4.86. The van der Waals surface area contributed by atoms with Crippen molar-refractivity contribution in [2.24, 2.45) is 0 Å². The molecule has 0 aromatic heterocycles. The van der Waals surface area contributed by atoms with Crippen LogP contribution in [0.4, 0.5) is 0 Å². The summed E-state index contributed by atoms with van der Waals surface area (Å²) in [7, 11) is 1.43. The van der Waals surface area contributed by atoms with Crippen LogP contribution < -0.4 is 0 Å². The number of unbranched alkanes of at least 4 members (excludes halogenated alkanes) is 1. The first-order valence-corrected chi connectivity index (χ1v) is 8.16. The summed E-state index contributed by atoms with van der Waals surface area (Å²) < 4.78 is 4.58. The third-order valence-corrected chi connectivity index (χ3v) is 2.93. The molecule has 0 fully saturated rings. The van der Waals surface area contributed by atoms with Crippen molar-refractivity contribution in [1.82, 2.24) is 0 Å². The van der Waals surface area contributed by atoms with Gasteiger partial charge in [-0.3, -0.25) is 4.79 Å². The molecule has 3 heteroatoms. The van der Waals surface area contributed by atoms with Crippen LogP contribution >= 0.6 is 15.9 Å². The van der Waals surface area contributed by atoms with Gasteiger partial charge < -0.3 is 4.74 Å². The smallest absolute Gasteiger partial charge is 0.305 e. The summed E-state index contributed by atoms with van der Waals surface area (Å²) in [5.41, 5.74) is 0. The van der Waals surface area contributed by atoms with Crippen LogP contribution in [0.1, 0.15) is 38.5 Å². The second-order valence-electron chi connectivity index (χ2n) is 4.22. The van der Waals surface area contributed by atoms with E-state index in [2.05, 4.69) is 69.3 Å². The summed E-state index contributed by atoms with van der Waals surface area (Å²) in [5.74, 6) is -0.129. The van der Waals surface area contributed by atoms with Crippen molar-refractivity contribution in [1.29, 1.82) is 0 Å². The Morgan fingerprint density at radius 2 is 1.40 bits per heavy atom. The van der Waals surface area contributed by atoms with Crippen LogP contribution in [0, 0.1) is 0 Å². The zero-order valence-corrected chi connectivity index (χ0v) is 13.8. The predicted molar refractivity (Wildman–Crippen MR) is 90.1 cm³/mol. The number of halogens is 1. The van der Waals surface area contributed by atoms with E-state index in [-0.39, 0.29) is 5.97 Å². The fourth-order valence-electron chi connectivity index (χ4n) is 1.46. The SMILES string of the molecule is COC(=O)CCC/C=C\C/C=C\C/C=C\C/C=C\CBr. The van der Waals surface area contributed by atoms with Crippen LogP contribution in [-0.2, 0) is 9.53 Å². The van der Waals surface area contributed by atoms with Gasteiger partial charge in [0.25, 0.3) is 0 Å². The molecule has 0 amide bonds. The van der Waals surface area contributed by atoms with E-state index in [1.807, 2.05) is 0 Å². The first kappa shape index (κ1) is 18.9. The Kier molecular flexibility index (Phi) is 15.1. The Balaban J connectivity index is 3.42. The Morgan fingerprint density at radius 3 is 1.90 bits per heavy atom. The van der Waals surface area contributed by atoms with Gasteiger partial charge in [0, 0.05) is 11.8 Å². The van der Waals surface area contributed by atoms with E-state index < -0.39 is 0 Å². The second kappa shape index (κ2) is 16.0. The van der Waals surface area contributed by atoms with Gasteiger partial charge in [-0.15, -0.1) is 0 Å². The highest BCUT2D eigenvalue weighted by molar-refractivity contribution is 9.09. The quantitative estimate of drug-likeness (QED) is 0.226. The molecule has 0 heterocycles. The van der Waals surface area contributed by atoms with Crippen LogP contribution in [0.2, 0.25) is 0 Å².